The quantitative estimate of drug-likeness (QED) is 0.350. The molecule has 0 aromatic heterocycles. The number of carbonyl (C=O) groups excluding carboxylic acids is 3. The molecule has 4 rings (SSSR count). The van der Waals surface area contributed by atoms with E-state index in [1.165, 1.54) is 0 Å². The minimum absolute atomic E-state index is 0. The molecule has 0 spiro atoms. The lowest BCUT2D eigenvalue weighted by Crippen LogP contribution is -2.61. The summed E-state index contributed by atoms with van der Waals surface area (Å²) in [5.74, 6) is -0.480. The molecule has 4 aliphatic carbocycles. The predicted molar refractivity (Wildman–Crippen MR) is 131 cm³/mol. The van der Waals surface area contributed by atoms with Crippen LogP contribution in [0.3, 0.4) is 0 Å². The molecule has 4 N–H and O–H groups in total. The van der Waals surface area contributed by atoms with E-state index in [0.717, 1.165) is 24.8 Å². The lowest BCUT2D eigenvalue weighted by Gasteiger charge is -2.59. The van der Waals surface area contributed by atoms with Crippen molar-refractivity contribution in [3.05, 3.63) is 23.8 Å². The summed E-state index contributed by atoms with van der Waals surface area (Å²) in [6.45, 7) is 4.08. The highest BCUT2D eigenvalue weighted by molar-refractivity contribution is 6.01. The topological polar surface area (TPSA) is 136 Å². The molecule has 0 radical (unpaired) electrons. The second kappa shape index (κ2) is 10.3. The Kier molecular flexibility index (Phi) is 8.21. The Hall–Kier alpha value is -1.74. The molecule has 196 valence electrons. The van der Waals surface area contributed by atoms with E-state index < -0.39 is 41.1 Å². The van der Waals surface area contributed by atoms with Crippen LogP contribution >= 0.6 is 12.4 Å². The van der Waals surface area contributed by atoms with Gasteiger partial charge in [-0.15, -0.1) is 12.4 Å². The van der Waals surface area contributed by atoms with E-state index in [9.17, 15) is 24.6 Å². The molecule has 9 heteroatoms. The number of unbranched alkanes of at least 4 members (excludes halogenated alkanes) is 1. The Labute approximate surface area is 212 Å². The van der Waals surface area contributed by atoms with Crippen molar-refractivity contribution in [2.45, 2.75) is 70.5 Å². The minimum Gasteiger partial charge on any atom is -0.434 e. The number of Topliss-reactive ketones (excluding diaryl/α,β-unsaturated/α-hetero) is 1. The summed E-state index contributed by atoms with van der Waals surface area (Å²) < 4.78 is 9.96. The monoisotopic (exact) mass is 511 g/mol. The lowest BCUT2D eigenvalue weighted by molar-refractivity contribution is -0.179. The van der Waals surface area contributed by atoms with E-state index >= 15 is 0 Å². The van der Waals surface area contributed by atoms with Crippen molar-refractivity contribution < 1.29 is 34.1 Å². The molecule has 4 aliphatic rings. The normalized spacial score (nSPS) is 39.5. The summed E-state index contributed by atoms with van der Waals surface area (Å²) >= 11 is 0. The van der Waals surface area contributed by atoms with E-state index in [-0.39, 0.29) is 55.4 Å². The molecule has 0 aromatic rings. The van der Waals surface area contributed by atoms with Crippen LogP contribution in [0.15, 0.2) is 23.8 Å². The molecule has 3 fully saturated rings. The number of hydrogen-bond donors (Lipinski definition) is 3. The summed E-state index contributed by atoms with van der Waals surface area (Å²) in [5, 5.41) is 23.0. The molecule has 0 saturated heterocycles. The average Bonchev–Trinajstić information content (AvgIpc) is 3.06. The number of aliphatic hydroxyl groups excluding tert-OH is 1. The second-order valence-corrected chi connectivity index (χ2v) is 10.9. The first-order valence-electron chi connectivity index (χ1n) is 12.4. The van der Waals surface area contributed by atoms with Crippen molar-refractivity contribution in [1.29, 1.82) is 0 Å². The standard InChI is InChI=1S/C26H37NO7.ClH/c1-24-9-7-17(28)13-16(24)5-6-18-19-8-10-26(32,25(19,2)14-20(29)22(18)24)21(30)15-34-23(31)33-12-4-3-11-27;/h7,9,13,18-20,22,29,32H,3-6,8,10-12,14-15,27H2,1-2H3;1H/t18-,19-,20-,22+,24-,25-,26-;/m0./s1. The minimum atomic E-state index is -1.68. The van der Waals surface area contributed by atoms with E-state index in [2.05, 4.69) is 6.92 Å². The van der Waals surface area contributed by atoms with E-state index in [1.54, 1.807) is 12.2 Å². The average molecular weight is 512 g/mol. The Bertz CT molecular complexity index is 919. The van der Waals surface area contributed by atoms with Gasteiger partial charge in [-0.2, -0.15) is 0 Å². The zero-order valence-corrected chi connectivity index (χ0v) is 21.4. The van der Waals surface area contributed by atoms with Gasteiger partial charge < -0.3 is 25.4 Å². The van der Waals surface area contributed by atoms with Crippen molar-refractivity contribution in [2.75, 3.05) is 19.8 Å². The van der Waals surface area contributed by atoms with Gasteiger partial charge in [-0.05, 0) is 75.5 Å². The molecule has 3 saturated carbocycles. The van der Waals surface area contributed by atoms with Crippen LogP contribution in [-0.4, -0.2) is 59.4 Å². The third kappa shape index (κ3) is 4.59. The van der Waals surface area contributed by atoms with Gasteiger partial charge in [-0.1, -0.05) is 25.5 Å². The van der Waals surface area contributed by atoms with Gasteiger partial charge in [0.1, 0.15) is 5.60 Å². The summed E-state index contributed by atoms with van der Waals surface area (Å²) in [5.41, 5.74) is 3.56. The molecule has 0 aliphatic heterocycles. The van der Waals surface area contributed by atoms with Crippen molar-refractivity contribution in [3.8, 4) is 0 Å². The molecular formula is C26H38ClNO7. The summed E-state index contributed by atoms with van der Waals surface area (Å²) in [6, 6.07) is 0. The number of hydrogen-bond acceptors (Lipinski definition) is 8. The van der Waals surface area contributed by atoms with Gasteiger partial charge in [0.2, 0.25) is 5.78 Å². The highest BCUT2D eigenvalue weighted by atomic mass is 35.5. The number of fused-ring (bicyclic) bond motifs is 5. The van der Waals surface area contributed by atoms with Crippen molar-refractivity contribution >= 4 is 30.1 Å². The van der Waals surface area contributed by atoms with Gasteiger partial charge in [0, 0.05) is 16.7 Å². The van der Waals surface area contributed by atoms with Crippen LogP contribution in [-0.2, 0) is 19.1 Å². The predicted octanol–water partition coefficient (Wildman–Crippen LogP) is 2.88. The van der Waals surface area contributed by atoms with Gasteiger partial charge in [0.15, 0.2) is 12.4 Å². The number of carbonyl (C=O) groups is 3. The number of nitrogens with two attached hydrogens (primary N) is 1. The van der Waals surface area contributed by atoms with Crippen LogP contribution in [0.4, 0.5) is 4.79 Å². The SMILES string of the molecule is C[C@]12C=CC(=O)C=C1CC[C@@H]1[C@@H]2[C@@H](O)C[C@@]2(C)[C@H]1CC[C@]2(O)C(=O)COC(=O)OCCCCN.Cl. The molecule has 0 amide bonds. The second-order valence-electron chi connectivity index (χ2n) is 10.9. The molecule has 0 aromatic carbocycles. The van der Waals surface area contributed by atoms with Crippen LogP contribution in [0.1, 0.15) is 58.8 Å². The summed E-state index contributed by atoms with van der Waals surface area (Å²) in [4.78, 5) is 36.9. The van der Waals surface area contributed by atoms with Crippen LogP contribution in [0, 0.1) is 28.6 Å². The van der Waals surface area contributed by atoms with E-state index in [4.69, 9.17) is 15.2 Å². The fraction of sp³-hybridized carbons (Fsp3) is 0.731. The van der Waals surface area contributed by atoms with Crippen molar-refractivity contribution in [3.63, 3.8) is 0 Å². The Morgan fingerprint density at radius 3 is 2.66 bits per heavy atom. The van der Waals surface area contributed by atoms with Gasteiger partial charge in [0.05, 0.1) is 12.7 Å². The zero-order valence-electron chi connectivity index (χ0n) is 20.5. The van der Waals surface area contributed by atoms with Gasteiger partial charge in [-0.3, -0.25) is 9.59 Å². The van der Waals surface area contributed by atoms with Gasteiger partial charge in [-0.25, -0.2) is 4.79 Å². The maximum atomic E-state index is 13.2. The van der Waals surface area contributed by atoms with Crippen molar-refractivity contribution in [1.82, 2.24) is 0 Å². The highest BCUT2D eigenvalue weighted by Gasteiger charge is 2.68. The Balaban J connectivity index is 0.00000342. The van der Waals surface area contributed by atoms with Crippen molar-refractivity contribution in [2.24, 2.45) is 34.3 Å². The third-order valence-corrected chi connectivity index (χ3v) is 9.25. The first kappa shape index (κ1) is 27.8. The van der Waals surface area contributed by atoms with Crippen LogP contribution in [0.2, 0.25) is 0 Å². The first-order valence-corrected chi connectivity index (χ1v) is 12.4. The maximum absolute atomic E-state index is 13.2. The molecule has 0 bridgehead atoms. The number of ketones is 2. The molecule has 7 atom stereocenters. The number of allylic oxidation sites excluding steroid dienone is 4. The first-order chi connectivity index (χ1) is 16.1. The Morgan fingerprint density at radius 2 is 1.94 bits per heavy atom. The smallest absolute Gasteiger partial charge is 0.434 e. The number of halogens is 1. The number of ether oxygens (including phenoxy) is 2. The fourth-order valence-corrected chi connectivity index (χ4v) is 7.48. The molecule has 0 heterocycles. The zero-order chi connectivity index (χ0) is 24.7. The molecule has 8 nitrogen and oxygen atoms in total. The van der Waals surface area contributed by atoms with Gasteiger partial charge in [0.25, 0.3) is 0 Å². The lowest BCUT2D eigenvalue weighted by atomic mass is 9.46. The summed E-state index contributed by atoms with van der Waals surface area (Å²) in [6.07, 6.45) is 7.67. The molecule has 0 unspecified atom stereocenters. The van der Waals surface area contributed by atoms with E-state index in [0.29, 0.717) is 19.4 Å². The van der Waals surface area contributed by atoms with Crippen LogP contribution in [0.25, 0.3) is 0 Å². The number of rotatable bonds is 7. The van der Waals surface area contributed by atoms with Crippen LogP contribution in [0.5, 0.6) is 0 Å². The van der Waals surface area contributed by atoms with Gasteiger partial charge >= 0.3 is 6.16 Å². The third-order valence-electron chi connectivity index (χ3n) is 9.25. The maximum Gasteiger partial charge on any atom is 0.508 e. The summed E-state index contributed by atoms with van der Waals surface area (Å²) in [7, 11) is 0. The van der Waals surface area contributed by atoms with E-state index in [1.807, 2.05) is 13.0 Å². The Morgan fingerprint density at radius 1 is 1.20 bits per heavy atom. The largest absolute Gasteiger partial charge is 0.508 e. The highest BCUT2D eigenvalue weighted by Crippen LogP contribution is 2.67. The molecular weight excluding hydrogens is 474 g/mol. The number of aliphatic hydroxyl groups is 2. The van der Waals surface area contributed by atoms with Crippen LogP contribution < -0.4 is 5.73 Å². The fourth-order valence-electron chi connectivity index (χ4n) is 7.48. The molecule has 35 heavy (non-hydrogen) atoms.